The fourth-order valence-corrected chi connectivity index (χ4v) is 3.39. The van der Waals surface area contributed by atoms with Gasteiger partial charge >= 0.3 is 6.18 Å². The molecular formula is C18H17F3N6O. The van der Waals surface area contributed by atoms with E-state index < -0.39 is 11.7 Å². The summed E-state index contributed by atoms with van der Waals surface area (Å²) in [6.07, 6.45) is -0.0842. The molecule has 0 radical (unpaired) electrons. The molecule has 0 spiro atoms. The Kier molecular flexibility index (Phi) is 4.62. The number of anilines is 2. The van der Waals surface area contributed by atoms with Crippen molar-refractivity contribution in [3.63, 3.8) is 0 Å². The lowest BCUT2D eigenvalue weighted by Crippen LogP contribution is -2.41. The summed E-state index contributed by atoms with van der Waals surface area (Å²) in [6, 6.07) is 4.65. The number of alkyl halides is 3. The van der Waals surface area contributed by atoms with Crippen LogP contribution in [0.1, 0.15) is 18.4 Å². The second-order valence-corrected chi connectivity index (χ2v) is 6.65. The van der Waals surface area contributed by atoms with Crippen molar-refractivity contribution in [3.05, 3.63) is 42.5 Å². The molecule has 2 aromatic heterocycles. The number of rotatable bonds is 3. The molecule has 1 atom stereocenters. The first-order chi connectivity index (χ1) is 13.4. The van der Waals surface area contributed by atoms with Crippen LogP contribution in [-0.2, 0) is 11.0 Å². The molecular weight excluding hydrogens is 373 g/mol. The van der Waals surface area contributed by atoms with Crippen molar-refractivity contribution in [2.45, 2.75) is 19.0 Å². The number of imidazole rings is 1. The fraction of sp³-hybridized carbons (Fsp3) is 0.333. The van der Waals surface area contributed by atoms with Crippen LogP contribution in [0.3, 0.4) is 0 Å². The molecule has 1 amide bonds. The smallest absolute Gasteiger partial charge is 0.354 e. The third kappa shape index (κ3) is 3.62. The Hall–Kier alpha value is -3.17. The average Bonchev–Trinajstić information content (AvgIpc) is 3.16. The number of halogens is 3. The van der Waals surface area contributed by atoms with Gasteiger partial charge in [0.2, 0.25) is 5.91 Å². The summed E-state index contributed by atoms with van der Waals surface area (Å²) in [5, 5.41) is 2.61. The van der Waals surface area contributed by atoms with Crippen molar-refractivity contribution in [1.29, 1.82) is 0 Å². The number of hydrogen-bond acceptors (Lipinski definition) is 5. The van der Waals surface area contributed by atoms with E-state index in [1.54, 1.807) is 0 Å². The Morgan fingerprint density at radius 2 is 2.11 bits per heavy atom. The van der Waals surface area contributed by atoms with E-state index in [2.05, 4.69) is 25.3 Å². The highest BCUT2D eigenvalue weighted by Crippen LogP contribution is 2.31. The van der Waals surface area contributed by atoms with Gasteiger partial charge in [-0.05, 0) is 31.0 Å². The van der Waals surface area contributed by atoms with Crippen molar-refractivity contribution in [2.75, 3.05) is 23.3 Å². The van der Waals surface area contributed by atoms with Crippen LogP contribution in [-0.4, -0.2) is 38.9 Å². The molecule has 1 aliphatic rings. The zero-order valence-corrected chi connectivity index (χ0v) is 14.7. The van der Waals surface area contributed by atoms with Crippen LogP contribution in [0.2, 0.25) is 0 Å². The van der Waals surface area contributed by atoms with Crippen molar-refractivity contribution >= 4 is 28.6 Å². The van der Waals surface area contributed by atoms with Crippen LogP contribution in [0.5, 0.6) is 0 Å². The highest BCUT2D eigenvalue weighted by Gasteiger charge is 2.31. The van der Waals surface area contributed by atoms with Gasteiger partial charge in [0.1, 0.15) is 11.8 Å². The normalized spacial score (nSPS) is 17.7. The van der Waals surface area contributed by atoms with Crippen molar-refractivity contribution < 1.29 is 18.0 Å². The number of piperidine rings is 1. The topological polar surface area (TPSA) is 86.8 Å². The largest absolute Gasteiger partial charge is 0.416 e. The van der Waals surface area contributed by atoms with E-state index in [0.717, 1.165) is 25.1 Å². The Morgan fingerprint density at radius 1 is 1.25 bits per heavy atom. The zero-order chi connectivity index (χ0) is 19.7. The number of carbonyl (C=O) groups is 1. The van der Waals surface area contributed by atoms with Gasteiger partial charge in [-0.25, -0.2) is 15.0 Å². The molecule has 146 valence electrons. The molecule has 28 heavy (non-hydrogen) atoms. The summed E-state index contributed by atoms with van der Waals surface area (Å²) in [5.41, 5.74) is 0.579. The van der Waals surface area contributed by atoms with Crippen molar-refractivity contribution in [2.24, 2.45) is 5.92 Å². The Morgan fingerprint density at radius 3 is 2.93 bits per heavy atom. The van der Waals surface area contributed by atoms with Crippen LogP contribution < -0.4 is 10.2 Å². The van der Waals surface area contributed by atoms with Crippen LogP contribution in [0.15, 0.2) is 36.9 Å². The predicted octanol–water partition coefficient (Wildman–Crippen LogP) is 3.23. The fourth-order valence-electron chi connectivity index (χ4n) is 3.39. The maximum atomic E-state index is 12.9. The Bertz CT molecular complexity index is 1000. The Labute approximate surface area is 158 Å². The van der Waals surface area contributed by atoms with Gasteiger partial charge < -0.3 is 15.2 Å². The number of aromatic amines is 1. The number of aromatic nitrogens is 4. The number of H-pyrrole nitrogens is 1. The van der Waals surface area contributed by atoms with Crippen LogP contribution in [0, 0.1) is 5.92 Å². The highest BCUT2D eigenvalue weighted by molar-refractivity contribution is 5.93. The summed E-state index contributed by atoms with van der Waals surface area (Å²) in [4.78, 5) is 30.1. The van der Waals surface area contributed by atoms with Gasteiger partial charge in [-0.15, -0.1) is 0 Å². The minimum atomic E-state index is -4.45. The van der Waals surface area contributed by atoms with Gasteiger partial charge in [0.15, 0.2) is 11.5 Å². The number of benzene rings is 1. The highest BCUT2D eigenvalue weighted by atomic mass is 19.4. The molecule has 3 aromatic rings. The van der Waals surface area contributed by atoms with Gasteiger partial charge in [0.25, 0.3) is 0 Å². The van der Waals surface area contributed by atoms with E-state index in [-0.39, 0.29) is 17.5 Å². The lowest BCUT2D eigenvalue weighted by atomic mass is 9.97. The summed E-state index contributed by atoms with van der Waals surface area (Å²) in [7, 11) is 0. The monoisotopic (exact) mass is 390 g/mol. The van der Waals surface area contributed by atoms with Gasteiger partial charge in [0, 0.05) is 18.8 Å². The molecule has 0 aliphatic carbocycles. The van der Waals surface area contributed by atoms with Gasteiger partial charge in [-0.2, -0.15) is 13.2 Å². The molecule has 1 fully saturated rings. The van der Waals surface area contributed by atoms with E-state index in [9.17, 15) is 18.0 Å². The molecule has 0 bridgehead atoms. The first kappa shape index (κ1) is 18.2. The lowest BCUT2D eigenvalue weighted by molar-refractivity contribution is -0.137. The third-order valence-electron chi connectivity index (χ3n) is 4.75. The summed E-state index contributed by atoms with van der Waals surface area (Å²) < 4.78 is 38.6. The molecule has 2 N–H and O–H groups in total. The number of fused-ring (bicyclic) bond motifs is 1. The van der Waals surface area contributed by atoms with Crippen LogP contribution >= 0.6 is 0 Å². The average molecular weight is 390 g/mol. The maximum absolute atomic E-state index is 12.9. The van der Waals surface area contributed by atoms with Crippen LogP contribution in [0.25, 0.3) is 11.2 Å². The summed E-state index contributed by atoms with van der Waals surface area (Å²) in [5.74, 6) is -0.00534. The lowest BCUT2D eigenvalue weighted by Gasteiger charge is -2.32. The molecule has 1 saturated heterocycles. The standard InChI is InChI=1S/C18H17F3N6O/c19-18(20,21)12-4-1-5-13(7-12)26-17(28)11-3-2-6-27(8-11)16-14-15(23-9-22-14)24-10-25-16/h1,4-5,7,9-11H,2-3,6,8H2,(H,26,28)(H,22,23,24,25). The number of hydrogen-bond donors (Lipinski definition) is 2. The second-order valence-electron chi connectivity index (χ2n) is 6.65. The quantitative estimate of drug-likeness (QED) is 0.717. The summed E-state index contributed by atoms with van der Waals surface area (Å²) in [6.45, 7) is 1.13. The van der Waals surface area contributed by atoms with Gasteiger partial charge in [-0.1, -0.05) is 6.07 Å². The Balaban J connectivity index is 1.49. The van der Waals surface area contributed by atoms with E-state index in [1.807, 2.05) is 4.90 Å². The zero-order valence-electron chi connectivity index (χ0n) is 14.7. The van der Waals surface area contributed by atoms with Gasteiger partial charge in [0.05, 0.1) is 17.8 Å². The van der Waals surface area contributed by atoms with E-state index in [4.69, 9.17) is 0 Å². The summed E-state index contributed by atoms with van der Waals surface area (Å²) >= 11 is 0. The molecule has 4 rings (SSSR count). The predicted molar refractivity (Wildman–Crippen MR) is 96.7 cm³/mol. The molecule has 1 unspecified atom stereocenters. The van der Waals surface area contributed by atoms with Crippen LogP contribution in [0.4, 0.5) is 24.7 Å². The van der Waals surface area contributed by atoms with E-state index >= 15 is 0 Å². The first-order valence-electron chi connectivity index (χ1n) is 8.79. The molecule has 0 saturated carbocycles. The first-order valence-corrected chi connectivity index (χ1v) is 8.79. The number of nitrogens with zero attached hydrogens (tertiary/aromatic N) is 4. The molecule has 1 aliphatic heterocycles. The minimum absolute atomic E-state index is 0.134. The molecule has 1 aromatic carbocycles. The second kappa shape index (κ2) is 7.10. The number of carbonyl (C=O) groups excluding carboxylic acids is 1. The van der Waals surface area contributed by atoms with E-state index in [0.29, 0.717) is 29.9 Å². The number of amides is 1. The minimum Gasteiger partial charge on any atom is -0.354 e. The SMILES string of the molecule is O=C(Nc1cccc(C(F)(F)F)c1)C1CCCN(c2ncnc3nc[nH]c23)C1. The molecule has 7 nitrogen and oxygen atoms in total. The number of nitrogens with one attached hydrogen (secondary N) is 2. The third-order valence-corrected chi connectivity index (χ3v) is 4.75. The molecule has 10 heteroatoms. The molecule has 3 heterocycles. The van der Waals surface area contributed by atoms with E-state index in [1.165, 1.54) is 24.8 Å². The van der Waals surface area contributed by atoms with Crippen molar-refractivity contribution in [3.8, 4) is 0 Å². The van der Waals surface area contributed by atoms with Crippen molar-refractivity contribution in [1.82, 2.24) is 19.9 Å². The van der Waals surface area contributed by atoms with Gasteiger partial charge in [-0.3, -0.25) is 4.79 Å². The maximum Gasteiger partial charge on any atom is 0.416 e.